The molecule has 44 heavy (non-hydrogen) atoms. The number of carbonyl (C=O) groups is 4. The molecule has 0 radical (unpaired) electrons. The van der Waals surface area contributed by atoms with Crippen molar-refractivity contribution in [2.24, 2.45) is 11.8 Å². The third-order valence-electron chi connectivity index (χ3n) is 9.09. The zero-order valence-electron chi connectivity index (χ0n) is 24.9. The number of hydrogen-bond donors (Lipinski definition) is 1. The van der Waals surface area contributed by atoms with Crippen molar-refractivity contribution in [1.82, 2.24) is 9.80 Å². The fourth-order valence-electron chi connectivity index (χ4n) is 6.65. The number of carbonyl (C=O) groups excluding carboxylic acids is 3. The van der Waals surface area contributed by atoms with Crippen LogP contribution in [0.5, 0.6) is 11.5 Å². The Bertz CT molecular complexity index is 1670. The minimum Gasteiger partial charge on any atom is -0.478 e. The maximum Gasteiger partial charge on any atom is 0.340 e. The number of ether oxygens (including phenoxy) is 2. The molecule has 3 aromatic rings. The fraction of sp³-hybridized carbons (Fsp3) is 0.333. The Labute approximate surface area is 254 Å². The van der Waals surface area contributed by atoms with Crippen molar-refractivity contribution in [3.63, 3.8) is 0 Å². The molecule has 226 valence electrons. The van der Waals surface area contributed by atoms with Crippen molar-refractivity contribution in [3.8, 4) is 11.5 Å². The molecule has 0 bridgehead atoms. The Morgan fingerprint density at radius 3 is 1.70 bits per heavy atom. The predicted molar refractivity (Wildman–Crippen MR) is 160 cm³/mol. The second-order valence-electron chi connectivity index (χ2n) is 12.3. The van der Waals surface area contributed by atoms with E-state index in [0.717, 1.165) is 11.4 Å². The first-order chi connectivity index (χ1) is 21.0. The van der Waals surface area contributed by atoms with Crippen LogP contribution in [0, 0.1) is 11.8 Å². The van der Waals surface area contributed by atoms with Crippen LogP contribution in [-0.4, -0.2) is 93.0 Å². The van der Waals surface area contributed by atoms with E-state index in [-0.39, 0.29) is 29.2 Å². The monoisotopic (exact) mass is 596 g/mol. The molecule has 0 aliphatic carbocycles. The van der Waals surface area contributed by atoms with E-state index in [0.29, 0.717) is 59.9 Å². The van der Waals surface area contributed by atoms with E-state index in [4.69, 9.17) is 9.47 Å². The molecule has 2 saturated heterocycles. The van der Waals surface area contributed by atoms with Gasteiger partial charge in [0.05, 0.1) is 23.0 Å². The summed E-state index contributed by atoms with van der Waals surface area (Å²) in [6, 6.07) is 15.7. The van der Waals surface area contributed by atoms with Gasteiger partial charge in [0.2, 0.25) is 11.8 Å². The molecule has 4 aliphatic rings. The molecular formula is C33H32N4O7. The molecule has 7 rings (SSSR count). The van der Waals surface area contributed by atoms with Crippen LogP contribution in [-0.2, 0) is 19.9 Å². The quantitative estimate of drug-likeness (QED) is 0.444. The Morgan fingerprint density at radius 1 is 0.750 bits per heavy atom. The van der Waals surface area contributed by atoms with Gasteiger partial charge in [0.1, 0.15) is 11.5 Å². The number of amides is 2. The highest BCUT2D eigenvalue weighted by Gasteiger charge is 2.54. The summed E-state index contributed by atoms with van der Waals surface area (Å²) in [5.41, 5.74) is 2.23. The van der Waals surface area contributed by atoms with Crippen LogP contribution in [0.15, 0.2) is 54.6 Å². The molecule has 0 unspecified atom stereocenters. The lowest BCUT2D eigenvalue weighted by atomic mass is 9.77. The summed E-state index contributed by atoms with van der Waals surface area (Å²) in [5, 5.41) is 9.80. The number of aromatic carboxylic acids is 1. The summed E-state index contributed by atoms with van der Waals surface area (Å²) in [4.78, 5) is 57.5. The van der Waals surface area contributed by atoms with Gasteiger partial charge in [-0.2, -0.15) is 0 Å². The Hall–Kier alpha value is -5.06. The maximum absolute atomic E-state index is 13.3. The van der Waals surface area contributed by atoms with Gasteiger partial charge in [0, 0.05) is 94.6 Å². The summed E-state index contributed by atoms with van der Waals surface area (Å²) in [6.07, 6.45) is 0. The fourth-order valence-corrected chi connectivity index (χ4v) is 6.65. The molecule has 1 spiro atoms. The minimum atomic E-state index is -1.42. The van der Waals surface area contributed by atoms with Crippen LogP contribution in [0.2, 0.25) is 0 Å². The van der Waals surface area contributed by atoms with E-state index in [9.17, 15) is 24.3 Å². The molecule has 4 heterocycles. The standard InChI is InChI=1S/C33H32N4O7/c1-34(2)29(38)19-14-36(15-19)21-6-9-24-27(12-21)43-28-13-22(37-16-20(17-37)30(39)35(3)4)7-10-25(28)33(24)26-11-18(31(40)41)5-8-23(26)32(42)44-33/h5-13,19-20H,14-17H2,1-4H3,(H,40,41). The molecular weight excluding hydrogens is 564 g/mol. The van der Waals surface area contributed by atoms with E-state index in [1.807, 2.05) is 36.4 Å². The second-order valence-corrected chi connectivity index (χ2v) is 12.3. The van der Waals surface area contributed by atoms with E-state index in [1.165, 1.54) is 18.2 Å². The highest BCUT2D eigenvalue weighted by molar-refractivity contribution is 5.99. The average molecular weight is 597 g/mol. The lowest BCUT2D eigenvalue weighted by molar-refractivity contribution is -0.134. The molecule has 3 aromatic carbocycles. The summed E-state index contributed by atoms with van der Waals surface area (Å²) < 4.78 is 12.8. The topological polar surface area (TPSA) is 120 Å². The molecule has 11 nitrogen and oxygen atoms in total. The van der Waals surface area contributed by atoms with Gasteiger partial charge < -0.3 is 34.2 Å². The van der Waals surface area contributed by atoms with Crippen LogP contribution in [0.1, 0.15) is 37.4 Å². The maximum atomic E-state index is 13.3. The van der Waals surface area contributed by atoms with Crippen molar-refractivity contribution in [2.45, 2.75) is 5.60 Å². The van der Waals surface area contributed by atoms with Crippen LogP contribution in [0.25, 0.3) is 0 Å². The van der Waals surface area contributed by atoms with E-state index in [1.54, 1.807) is 38.0 Å². The first-order valence-electron chi connectivity index (χ1n) is 14.5. The summed E-state index contributed by atoms with van der Waals surface area (Å²) in [5.74, 6) is -0.730. The van der Waals surface area contributed by atoms with Crippen molar-refractivity contribution in [2.75, 3.05) is 64.2 Å². The molecule has 1 N–H and O–H groups in total. The number of rotatable bonds is 5. The second kappa shape index (κ2) is 9.73. The minimum absolute atomic E-state index is 0.0404. The van der Waals surface area contributed by atoms with Gasteiger partial charge in [-0.1, -0.05) is 0 Å². The molecule has 2 fully saturated rings. The van der Waals surface area contributed by atoms with Gasteiger partial charge in [-0.25, -0.2) is 9.59 Å². The summed E-state index contributed by atoms with van der Waals surface area (Å²) in [7, 11) is 7.00. The number of hydrogen-bond acceptors (Lipinski definition) is 8. The number of fused-ring (bicyclic) bond motifs is 6. The van der Waals surface area contributed by atoms with Crippen LogP contribution in [0.3, 0.4) is 0 Å². The average Bonchev–Trinajstić information content (AvgIpc) is 3.22. The van der Waals surface area contributed by atoms with Gasteiger partial charge in [0.15, 0.2) is 5.60 Å². The Balaban J connectivity index is 1.30. The van der Waals surface area contributed by atoms with Gasteiger partial charge in [0.25, 0.3) is 0 Å². The molecule has 0 atom stereocenters. The van der Waals surface area contributed by atoms with Crippen molar-refractivity contribution in [1.29, 1.82) is 0 Å². The van der Waals surface area contributed by atoms with Crippen molar-refractivity contribution < 1.29 is 33.8 Å². The van der Waals surface area contributed by atoms with Gasteiger partial charge in [-0.15, -0.1) is 0 Å². The van der Waals surface area contributed by atoms with Crippen LogP contribution < -0.4 is 14.5 Å². The highest BCUT2D eigenvalue weighted by atomic mass is 16.6. The van der Waals surface area contributed by atoms with Crippen molar-refractivity contribution >= 4 is 35.1 Å². The lowest BCUT2D eigenvalue weighted by Gasteiger charge is -2.43. The third kappa shape index (κ3) is 4.02. The number of carboxylic acid groups (broad SMARTS) is 1. The van der Waals surface area contributed by atoms with E-state index in [2.05, 4.69) is 9.80 Å². The molecule has 4 aliphatic heterocycles. The van der Waals surface area contributed by atoms with Crippen LogP contribution >= 0.6 is 0 Å². The zero-order valence-corrected chi connectivity index (χ0v) is 24.9. The normalized spacial score (nSPS) is 17.9. The number of esters is 1. The number of benzene rings is 3. The van der Waals surface area contributed by atoms with Gasteiger partial charge in [-0.05, 0) is 42.5 Å². The lowest BCUT2D eigenvalue weighted by Crippen LogP contribution is -2.53. The predicted octanol–water partition coefficient (Wildman–Crippen LogP) is 3.00. The van der Waals surface area contributed by atoms with Gasteiger partial charge >= 0.3 is 11.9 Å². The Kier molecular flexibility index (Phi) is 6.14. The van der Waals surface area contributed by atoms with E-state index < -0.39 is 17.5 Å². The number of anilines is 2. The van der Waals surface area contributed by atoms with Crippen molar-refractivity contribution in [3.05, 3.63) is 82.4 Å². The smallest absolute Gasteiger partial charge is 0.340 e. The molecule has 2 amide bonds. The number of carboxylic acids is 1. The third-order valence-corrected chi connectivity index (χ3v) is 9.09. The summed E-state index contributed by atoms with van der Waals surface area (Å²) >= 11 is 0. The first-order valence-corrected chi connectivity index (χ1v) is 14.5. The zero-order chi connectivity index (χ0) is 31.1. The molecule has 0 saturated carbocycles. The number of nitrogens with zero attached hydrogens (tertiary/aromatic N) is 4. The SMILES string of the molecule is CN(C)C(=O)C1CN(c2ccc3c(c2)Oc2cc(N4CC(C(=O)N(C)C)C4)ccc2C32OC(=O)c3ccc(C(=O)O)cc32)C1. The molecule has 0 aromatic heterocycles. The van der Waals surface area contributed by atoms with E-state index >= 15 is 0 Å². The molecule has 11 heteroatoms. The highest BCUT2D eigenvalue weighted by Crippen LogP contribution is 2.57. The van der Waals surface area contributed by atoms with Gasteiger partial charge in [-0.3, -0.25) is 9.59 Å². The first kappa shape index (κ1) is 27.8. The Morgan fingerprint density at radius 2 is 1.25 bits per heavy atom. The largest absolute Gasteiger partial charge is 0.478 e. The summed E-state index contributed by atoms with van der Waals surface area (Å²) in [6.45, 7) is 2.29. The van der Waals surface area contributed by atoms with Crippen LogP contribution in [0.4, 0.5) is 11.4 Å².